The van der Waals surface area contributed by atoms with Crippen molar-refractivity contribution in [2.24, 2.45) is 23.7 Å². The van der Waals surface area contributed by atoms with E-state index < -0.39 is 6.17 Å². The quantitative estimate of drug-likeness (QED) is 0.679. The smallest absolute Gasteiger partial charge is 0.286 e. The van der Waals surface area contributed by atoms with Crippen molar-refractivity contribution >= 4 is 5.91 Å². The van der Waals surface area contributed by atoms with Gasteiger partial charge in [-0.15, -0.1) is 0 Å². The number of methoxy groups -OCH3 is 1. The summed E-state index contributed by atoms with van der Waals surface area (Å²) in [4.78, 5) is 12.5. The first kappa shape index (κ1) is 21.1. The first-order chi connectivity index (χ1) is 14.1. The van der Waals surface area contributed by atoms with E-state index in [4.69, 9.17) is 9.47 Å². The highest BCUT2D eigenvalue weighted by atomic mass is 19.1. The lowest BCUT2D eigenvalue weighted by atomic mass is 9.70. The standard InChI is InChI=1S/C24H38FNO3/c1-28-21-10-11-22-19(14-21)15-23(29-22)24(27)26-13-12-16-2-4-17(5-3-16)18-6-8-20(25)9-7-18/h15-22H,2-14H2,1H3,(H,26,27). The molecule has 0 saturated heterocycles. The molecule has 29 heavy (non-hydrogen) atoms. The van der Waals surface area contributed by atoms with Gasteiger partial charge in [0.25, 0.3) is 5.91 Å². The number of carbonyl (C=O) groups is 1. The van der Waals surface area contributed by atoms with Crippen LogP contribution in [0.1, 0.15) is 77.0 Å². The Balaban J connectivity index is 1.14. The predicted molar refractivity (Wildman–Crippen MR) is 111 cm³/mol. The molecule has 0 aromatic heterocycles. The zero-order valence-corrected chi connectivity index (χ0v) is 17.9. The van der Waals surface area contributed by atoms with E-state index in [9.17, 15) is 9.18 Å². The monoisotopic (exact) mass is 407 g/mol. The van der Waals surface area contributed by atoms with Crippen LogP contribution in [-0.4, -0.2) is 37.9 Å². The number of hydrogen-bond acceptors (Lipinski definition) is 3. The summed E-state index contributed by atoms with van der Waals surface area (Å²) in [5.41, 5.74) is 0. The minimum atomic E-state index is -0.546. The van der Waals surface area contributed by atoms with Crippen molar-refractivity contribution in [3.8, 4) is 0 Å². The molecule has 4 nitrogen and oxygen atoms in total. The molecule has 0 aromatic rings. The van der Waals surface area contributed by atoms with Gasteiger partial charge >= 0.3 is 0 Å². The maximum atomic E-state index is 13.4. The van der Waals surface area contributed by atoms with Gasteiger partial charge in [-0.1, -0.05) is 12.8 Å². The van der Waals surface area contributed by atoms with Crippen molar-refractivity contribution in [2.45, 2.75) is 95.4 Å². The average molecular weight is 408 g/mol. The second-order valence-corrected chi connectivity index (χ2v) is 9.86. The van der Waals surface area contributed by atoms with Crippen LogP contribution in [0.15, 0.2) is 11.8 Å². The highest BCUT2D eigenvalue weighted by Crippen LogP contribution is 2.41. The molecule has 3 atom stereocenters. The zero-order valence-electron chi connectivity index (χ0n) is 17.9. The van der Waals surface area contributed by atoms with Gasteiger partial charge in [0.05, 0.1) is 6.10 Å². The average Bonchev–Trinajstić information content (AvgIpc) is 3.18. The molecule has 1 heterocycles. The molecule has 4 rings (SSSR count). The first-order valence-corrected chi connectivity index (χ1v) is 12.0. The van der Waals surface area contributed by atoms with Gasteiger partial charge in [-0.05, 0) is 88.0 Å². The molecule has 1 N–H and O–H groups in total. The van der Waals surface area contributed by atoms with Gasteiger partial charge in [-0.25, -0.2) is 4.39 Å². The van der Waals surface area contributed by atoms with Crippen molar-refractivity contribution in [3.05, 3.63) is 11.8 Å². The van der Waals surface area contributed by atoms with E-state index in [1.807, 2.05) is 6.08 Å². The molecule has 0 aromatic carbocycles. The Labute approximate surface area is 175 Å². The summed E-state index contributed by atoms with van der Waals surface area (Å²) >= 11 is 0. The van der Waals surface area contributed by atoms with Gasteiger partial charge in [-0.3, -0.25) is 4.79 Å². The lowest BCUT2D eigenvalue weighted by molar-refractivity contribution is -0.121. The van der Waals surface area contributed by atoms with Crippen molar-refractivity contribution in [2.75, 3.05) is 13.7 Å². The maximum Gasteiger partial charge on any atom is 0.286 e. The fourth-order valence-electron chi connectivity index (χ4n) is 6.17. The molecule has 0 bridgehead atoms. The number of halogens is 1. The summed E-state index contributed by atoms with van der Waals surface area (Å²) in [6.07, 6.45) is 14.8. The predicted octanol–water partition coefficient (Wildman–Crippen LogP) is 4.93. The summed E-state index contributed by atoms with van der Waals surface area (Å²) in [7, 11) is 1.76. The van der Waals surface area contributed by atoms with Crippen LogP contribution in [0.4, 0.5) is 4.39 Å². The van der Waals surface area contributed by atoms with Crippen LogP contribution in [-0.2, 0) is 14.3 Å². The second kappa shape index (κ2) is 9.80. The van der Waals surface area contributed by atoms with Gasteiger partial charge in [0, 0.05) is 19.6 Å². The number of nitrogens with one attached hydrogen (secondary N) is 1. The number of amides is 1. The SMILES string of the molecule is COC1CCC2OC(C(=O)NCCC3CCC(C4CCC(F)CC4)CC3)=CC2C1. The third-order valence-electron chi connectivity index (χ3n) is 8.08. The summed E-state index contributed by atoms with van der Waals surface area (Å²) in [6.45, 7) is 0.734. The molecule has 1 aliphatic heterocycles. The molecule has 1 amide bonds. The Bertz CT molecular complexity index is 579. The fraction of sp³-hybridized carbons (Fsp3) is 0.875. The van der Waals surface area contributed by atoms with Crippen LogP contribution in [0.2, 0.25) is 0 Å². The van der Waals surface area contributed by atoms with Crippen molar-refractivity contribution in [1.29, 1.82) is 0 Å². The van der Waals surface area contributed by atoms with Gasteiger partial charge in [0.1, 0.15) is 12.3 Å². The molecular formula is C24H38FNO3. The number of fused-ring (bicyclic) bond motifs is 1. The number of alkyl halides is 1. The summed E-state index contributed by atoms with van der Waals surface area (Å²) in [6, 6.07) is 0. The minimum Gasteiger partial charge on any atom is -0.484 e. The van der Waals surface area contributed by atoms with E-state index in [1.165, 1.54) is 25.7 Å². The van der Waals surface area contributed by atoms with E-state index in [2.05, 4.69) is 5.32 Å². The van der Waals surface area contributed by atoms with Gasteiger partial charge < -0.3 is 14.8 Å². The molecule has 4 aliphatic rings. The minimum absolute atomic E-state index is 0.0509. The first-order valence-electron chi connectivity index (χ1n) is 12.0. The number of hydrogen-bond donors (Lipinski definition) is 1. The molecule has 3 aliphatic carbocycles. The highest BCUT2D eigenvalue weighted by Gasteiger charge is 2.37. The van der Waals surface area contributed by atoms with E-state index in [0.717, 1.165) is 69.7 Å². The Morgan fingerprint density at radius 2 is 1.76 bits per heavy atom. The number of rotatable bonds is 6. The van der Waals surface area contributed by atoms with Gasteiger partial charge in [-0.2, -0.15) is 0 Å². The molecule has 0 radical (unpaired) electrons. The van der Waals surface area contributed by atoms with E-state index in [-0.39, 0.29) is 12.0 Å². The van der Waals surface area contributed by atoms with Gasteiger partial charge in [0.2, 0.25) is 0 Å². The summed E-state index contributed by atoms with van der Waals surface area (Å²) in [5, 5.41) is 3.08. The van der Waals surface area contributed by atoms with E-state index in [0.29, 0.717) is 23.7 Å². The zero-order chi connectivity index (χ0) is 20.2. The normalized spacial score (nSPS) is 39.9. The van der Waals surface area contributed by atoms with Crippen LogP contribution in [0.25, 0.3) is 0 Å². The summed E-state index contributed by atoms with van der Waals surface area (Å²) in [5.74, 6) is 3.07. The maximum absolute atomic E-state index is 13.4. The number of ether oxygens (including phenoxy) is 2. The Kier molecular flexibility index (Phi) is 7.15. The van der Waals surface area contributed by atoms with Crippen LogP contribution in [0.3, 0.4) is 0 Å². The molecule has 164 valence electrons. The summed E-state index contributed by atoms with van der Waals surface area (Å²) < 4.78 is 24.8. The van der Waals surface area contributed by atoms with Crippen molar-refractivity contribution in [1.82, 2.24) is 5.32 Å². The van der Waals surface area contributed by atoms with Crippen LogP contribution < -0.4 is 5.32 Å². The molecule has 3 unspecified atom stereocenters. The van der Waals surface area contributed by atoms with Gasteiger partial charge in [0.15, 0.2) is 5.76 Å². The lowest BCUT2D eigenvalue weighted by Crippen LogP contribution is -2.31. The number of carbonyl (C=O) groups excluding carboxylic acids is 1. The van der Waals surface area contributed by atoms with E-state index in [1.54, 1.807) is 7.11 Å². The van der Waals surface area contributed by atoms with Crippen molar-refractivity contribution in [3.63, 3.8) is 0 Å². The topological polar surface area (TPSA) is 47.6 Å². The Hall–Kier alpha value is -1.10. The highest BCUT2D eigenvalue weighted by molar-refractivity contribution is 5.91. The Morgan fingerprint density at radius 3 is 2.45 bits per heavy atom. The van der Waals surface area contributed by atoms with Crippen LogP contribution in [0, 0.1) is 23.7 Å². The molecular weight excluding hydrogens is 369 g/mol. The molecule has 5 heteroatoms. The molecule has 0 spiro atoms. The van der Waals surface area contributed by atoms with Crippen LogP contribution >= 0.6 is 0 Å². The Morgan fingerprint density at radius 1 is 1.07 bits per heavy atom. The lowest BCUT2D eigenvalue weighted by Gasteiger charge is -2.36. The van der Waals surface area contributed by atoms with Crippen molar-refractivity contribution < 1.29 is 18.7 Å². The van der Waals surface area contributed by atoms with Crippen LogP contribution in [0.5, 0.6) is 0 Å². The molecule has 3 fully saturated rings. The fourth-order valence-corrected chi connectivity index (χ4v) is 6.17. The molecule has 3 saturated carbocycles. The third-order valence-corrected chi connectivity index (χ3v) is 8.08. The van der Waals surface area contributed by atoms with E-state index >= 15 is 0 Å². The second-order valence-electron chi connectivity index (χ2n) is 9.86. The third kappa shape index (κ3) is 5.34. The largest absolute Gasteiger partial charge is 0.484 e.